The molecule has 1 aromatic rings. The van der Waals surface area contributed by atoms with Crippen molar-refractivity contribution in [2.45, 2.75) is 33.1 Å². The summed E-state index contributed by atoms with van der Waals surface area (Å²) in [5.74, 6) is 0.624. The molecule has 1 aliphatic heterocycles. The molecule has 0 aromatic heterocycles. The monoisotopic (exact) mass is 354 g/mol. The predicted octanol–water partition coefficient (Wildman–Crippen LogP) is 4.23. The molecule has 0 N–H and O–H groups in total. The van der Waals surface area contributed by atoms with Gasteiger partial charge < -0.3 is 8.85 Å². The van der Waals surface area contributed by atoms with Gasteiger partial charge >= 0.3 is 0 Å². The largest absolute Gasteiger partial charge is 0.541 e. The molecule has 1 unspecified atom stereocenters. The topological polar surface area (TPSA) is 35.5 Å². The zero-order valence-electron chi connectivity index (χ0n) is 14.8. The Morgan fingerprint density at radius 2 is 1.83 bits per heavy atom. The molecule has 2 aliphatic carbocycles. The van der Waals surface area contributed by atoms with E-state index in [0.717, 1.165) is 16.3 Å². The second kappa shape index (κ2) is 4.91. The van der Waals surface area contributed by atoms with Gasteiger partial charge in [0.15, 0.2) is 5.76 Å². The van der Waals surface area contributed by atoms with Gasteiger partial charge in [-0.25, -0.2) is 0 Å². The van der Waals surface area contributed by atoms with Crippen LogP contribution in [0.1, 0.15) is 18.1 Å². The van der Waals surface area contributed by atoms with E-state index >= 15 is 0 Å². The SMILES string of the molecule is CCO[Si]1(C)C2=C1C1=Cc3ccccc3C1=C(O[Si](C)(C)C)C2=O. The van der Waals surface area contributed by atoms with Crippen LogP contribution >= 0.6 is 0 Å². The maximum Gasteiger partial charge on any atom is 0.257 e. The lowest BCUT2D eigenvalue weighted by Gasteiger charge is -2.24. The van der Waals surface area contributed by atoms with Gasteiger partial charge in [-0.2, -0.15) is 0 Å². The van der Waals surface area contributed by atoms with Crippen LogP contribution in [0.15, 0.2) is 46.0 Å². The normalized spacial score (nSPS) is 24.5. The van der Waals surface area contributed by atoms with Crippen LogP contribution in [0.4, 0.5) is 0 Å². The molecule has 0 spiro atoms. The molecule has 24 heavy (non-hydrogen) atoms. The van der Waals surface area contributed by atoms with Crippen LogP contribution in [0.25, 0.3) is 11.6 Å². The first kappa shape index (κ1) is 15.8. The summed E-state index contributed by atoms with van der Waals surface area (Å²) in [4.78, 5) is 13.2. The Labute approximate surface area is 144 Å². The Balaban J connectivity index is 1.90. The molecule has 3 nitrogen and oxygen atoms in total. The summed E-state index contributed by atoms with van der Waals surface area (Å²) in [7, 11) is -4.10. The summed E-state index contributed by atoms with van der Waals surface area (Å²) >= 11 is 0. The highest BCUT2D eigenvalue weighted by Gasteiger charge is 2.63. The molecule has 3 aliphatic rings. The third-order valence-corrected chi connectivity index (χ3v) is 9.05. The predicted molar refractivity (Wildman–Crippen MR) is 101 cm³/mol. The zero-order valence-corrected chi connectivity index (χ0v) is 16.8. The quantitative estimate of drug-likeness (QED) is 0.759. The maximum atomic E-state index is 13.2. The molecular formula is C19H22O3Si2. The van der Waals surface area contributed by atoms with Crippen molar-refractivity contribution in [3.63, 3.8) is 0 Å². The van der Waals surface area contributed by atoms with E-state index in [4.69, 9.17) is 8.85 Å². The van der Waals surface area contributed by atoms with Gasteiger partial charge in [0.1, 0.15) is 0 Å². The van der Waals surface area contributed by atoms with E-state index in [1.165, 1.54) is 16.3 Å². The van der Waals surface area contributed by atoms with Crippen molar-refractivity contribution in [3.8, 4) is 0 Å². The summed E-state index contributed by atoms with van der Waals surface area (Å²) in [6.45, 7) is 11.1. The molecule has 0 saturated heterocycles. The van der Waals surface area contributed by atoms with Gasteiger partial charge in [-0.15, -0.1) is 0 Å². The van der Waals surface area contributed by atoms with Crippen molar-refractivity contribution in [3.05, 3.63) is 57.1 Å². The van der Waals surface area contributed by atoms with Crippen molar-refractivity contribution in [2.75, 3.05) is 6.61 Å². The second-order valence-electron chi connectivity index (χ2n) is 7.61. The Kier molecular flexibility index (Phi) is 3.23. The summed E-state index contributed by atoms with van der Waals surface area (Å²) < 4.78 is 12.4. The van der Waals surface area contributed by atoms with Crippen molar-refractivity contribution in [1.82, 2.24) is 0 Å². The Hall–Kier alpha value is -1.70. The van der Waals surface area contributed by atoms with Crippen molar-refractivity contribution in [2.24, 2.45) is 0 Å². The molecule has 0 amide bonds. The van der Waals surface area contributed by atoms with Gasteiger partial charge in [-0.3, -0.25) is 4.79 Å². The number of benzene rings is 1. The number of allylic oxidation sites excluding steroid dienone is 4. The summed E-state index contributed by atoms with van der Waals surface area (Å²) in [6, 6.07) is 8.25. The highest BCUT2D eigenvalue weighted by Crippen LogP contribution is 2.58. The highest BCUT2D eigenvalue weighted by atomic mass is 28.4. The fraction of sp³-hybridized carbons (Fsp3) is 0.316. The van der Waals surface area contributed by atoms with Crippen molar-refractivity contribution < 1.29 is 13.6 Å². The number of ketones is 1. The number of carbonyl (C=O) groups excluding carboxylic acids is 1. The minimum atomic E-state index is -2.20. The van der Waals surface area contributed by atoms with Crippen LogP contribution in [0.2, 0.25) is 26.2 Å². The summed E-state index contributed by atoms with van der Waals surface area (Å²) in [5, 5.41) is 2.10. The van der Waals surface area contributed by atoms with E-state index in [0.29, 0.717) is 12.4 Å². The van der Waals surface area contributed by atoms with E-state index in [-0.39, 0.29) is 5.78 Å². The highest BCUT2D eigenvalue weighted by molar-refractivity contribution is 7.03. The number of Topliss-reactive ketones (excluding diaryl/α,β-unsaturated/α-hetero) is 1. The number of hydrogen-bond acceptors (Lipinski definition) is 3. The average Bonchev–Trinajstić information content (AvgIpc) is 2.92. The minimum absolute atomic E-state index is 0.0684. The third-order valence-electron chi connectivity index (χ3n) is 4.71. The lowest BCUT2D eigenvalue weighted by atomic mass is 9.96. The van der Waals surface area contributed by atoms with Crippen LogP contribution in [-0.2, 0) is 13.6 Å². The van der Waals surface area contributed by atoms with Crippen LogP contribution < -0.4 is 0 Å². The number of fused-ring (bicyclic) bond motifs is 4. The Bertz CT molecular complexity index is 871. The number of carbonyl (C=O) groups is 1. The van der Waals surface area contributed by atoms with Gasteiger partial charge in [0.05, 0.1) is 0 Å². The van der Waals surface area contributed by atoms with Gasteiger partial charge in [-0.05, 0) is 61.1 Å². The first-order valence-electron chi connectivity index (χ1n) is 8.47. The van der Waals surface area contributed by atoms with E-state index in [1.54, 1.807) is 0 Å². The molecule has 124 valence electrons. The van der Waals surface area contributed by atoms with Gasteiger partial charge in [-0.1, -0.05) is 24.3 Å². The molecule has 0 fully saturated rings. The lowest BCUT2D eigenvalue weighted by Crippen LogP contribution is -2.30. The lowest BCUT2D eigenvalue weighted by molar-refractivity contribution is -0.113. The van der Waals surface area contributed by atoms with Crippen LogP contribution in [0.3, 0.4) is 0 Å². The number of rotatable bonds is 4. The molecular weight excluding hydrogens is 332 g/mol. The van der Waals surface area contributed by atoms with E-state index in [2.05, 4.69) is 44.4 Å². The van der Waals surface area contributed by atoms with Gasteiger partial charge in [0, 0.05) is 17.4 Å². The Morgan fingerprint density at radius 3 is 2.50 bits per heavy atom. The van der Waals surface area contributed by atoms with Crippen molar-refractivity contribution >= 4 is 34.1 Å². The standard InChI is InChI=1S/C19H22O3Si2/c1-6-21-24(5)18-14-11-12-9-7-8-10-13(12)15(14)17(16(20)19(18)24)22-23(2,3)4/h7-11H,6H2,1-5H3. The van der Waals surface area contributed by atoms with E-state index in [9.17, 15) is 4.79 Å². The minimum Gasteiger partial charge on any atom is -0.541 e. The second-order valence-corrected chi connectivity index (χ2v) is 15.4. The Morgan fingerprint density at radius 1 is 1.12 bits per heavy atom. The third kappa shape index (κ3) is 2.08. The van der Waals surface area contributed by atoms with E-state index in [1.807, 2.05) is 19.1 Å². The van der Waals surface area contributed by atoms with Crippen molar-refractivity contribution in [1.29, 1.82) is 0 Å². The number of hydrogen-bond donors (Lipinski definition) is 0. The van der Waals surface area contributed by atoms with Gasteiger partial charge in [0.25, 0.3) is 8.32 Å². The molecule has 0 saturated carbocycles. The fourth-order valence-electron chi connectivity index (χ4n) is 3.81. The van der Waals surface area contributed by atoms with Crippen LogP contribution in [0.5, 0.6) is 0 Å². The zero-order chi connectivity index (χ0) is 17.3. The molecule has 1 atom stereocenters. The first-order valence-corrected chi connectivity index (χ1v) is 14.3. The smallest absolute Gasteiger partial charge is 0.257 e. The van der Waals surface area contributed by atoms with Gasteiger partial charge in [0.2, 0.25) is 14.1 Å². The van der Waals surface area contributed by atoms with Crippen LogP contribution in [0, 0.1) is 0 Å². The molecule has 1 aromatic carbocycles. The summed E-state index contributed by atoms with van der Waals surface area (Å²) in [5.41, 5.74) is 4.44. The summed E-state index contributed by atoms with van der Waals surface area (Å²) in [6.07, 6.45) is 2.21. The molecule has 5 heteroatoms. The molecule has 4 rings (SSSR count). The van der Waals surface area contributed by atoms with Crippen LogP contribution in [-0.4, -0.2) is 29.0 Å². The first-order chi connectivity index (χ1) is 11.3. The fourth-order valence-corrected chi connectivity index (χ4v) is 8.23. The maximum absolute atomic E-state index is 13.2. The molecule has 0 bridgehead atoms. The molecule has 0 radical (unpaired) electrons. The average molecular weight is 355 g/mol. The molecule has 1 heterocycles. The van der Waals surface area contributed by atoms with E-state index < -0.39 is 16.6 Å².